The molecule has 0 saturated heterocycles. The number of hydrogen-bond donors (Lipinski definition) is 1. The summed E-state index contributed by atoms with van der Waals surface area (Å²) >= 11 is 0. The Morgan fingerprint density at radius 2 is 2.12 bits per heavy atom. The van der Waals surface area contributed by atoms with E-state index in [-0.39, 0.29) is 30.1 Å². The van der Waals surface area contributed by atoms with Crippen molar-refractivity contribution in [1.82, 2.24) is 14.8 Å². The molecule has 0 fully saturated rings. The summed E-state index contributed by atoms with van der Waals surface area (Å²) < 4.78 is 8.12. The average Bonchev–Trinajstić information content (AvgIpc) is 3.17. The summed E-state index contributed by atoms with van der Waals surface area (Å²) in [7, 11) is 4.13. The fourth-order valence-corrected chi connectivity index (χ4v) is 2.99. The molecular weight excluding hydrogens is 427 g/mol. The number of aryl methyl sites for hydroxylation is 1. The van der Waals surface area contributed by atoms with Crippen LogP contribution in [0.15, 0.2) is 47.6 Å². The molecule has 1 aromatic heterocycles. The minimum absolute atomic E-state index is 0. The molecule has 1 aliphatic rings. The van der Waals surface area contributed by atoms with Gasteiger partial charge in [-0.15, -0.1) is 24.0 Å². The van der Waals surface area contributed by atoms with Gasteiger partial charge in [-0.25, -0.2) is 4.99 Å². The van der Waals surface area contributed by atoms with E-state index in [1.807, 2.05) is 12.1 Å². The third kappa shape index (κ3) is 4.90. The fourth-order valence-electron chi connectivity index (χ4n) is 2.99. The Morgan fingerprint density at radius 1 is 1.32 bits per heavy atom. The summed E-state index contributed by atoms with van der Waals surface area (Å²) in [5.74, 6) is 1.91. The second-order valence-electron chi connectivity index (χ2n) is 6.21. The zero-order valence-corrected chi connectivity index (χ0v) is 17.4. The van der Waals surface area contributed by atoms with Gasteiger partial charge < -0.3 is 19.5 Å². The van der Waals surface area contributed by atoms with Crippen LogP contribution < -0.4 is 10.1 Å². The second-order valence-corrected chi connectivity index (χ2v) is 6.21. The van der Waals surface area contributed by atoms with E-state index < -0.39 is 0 Å². The molecule has 2 aromatic rings. The fraction of sp³-hybridized carbons (Fsp3) is 0.421. The van der Waals surface area contributed by atoms with Gasteiger partial charge in [0.1, 0.15) is 11.9 Å². The number of rotatable bonds is 5. The van der Waals surface area contributed by atoms with Crippen LogP contribution >= 0.6 is 24.0 Å². The number of aromatic nitrogens is 1. The van der Waals surface area contributed by atoms with Gasteiger partial charge in [0.15, 0.2) is 5.96 Å². The maximum Gasteiger partial charge on any atom is 0.194 e. The van der Waals surface area contributed by atoms with Crippen molar-refractivity contribution < 1.29 is 4.74 Å². The zero-order valence-electron chi connectivity index (χ0n) is 15.1. The van der Waals surface area contributed by atoms with Crippen molar-refractivity contribution in [3.05, 3.63) is 53.9 Å². The lowest BCUT2D eigenvalue weighted by molar-refractivity contribution is 0.241. The number of nitrogens with one attached hydrogen (secondary N) is 1. The molecule has 25 heavy (non-hydrogen) atoms. The SMILES string of the molecule is CCNC(=NCC1Cc2ccccc2O1)N(C)Cc1cccn1C.I. The number of para-hydroxylation sites is 1. The molecule has 1 atom stereocenters. The van der Waals surface area contributed by atoms with Gasteiger partial charge in [-0.05, 0) is 30.7 Å². The third-order valence-electron chi connectivity index (χ3n) is 4.31. The van der Waals surface area contributed by atoms with Crippen LogP contribution in [0.25, 0.3) is 0 Å². The van der Waals surface area contributed by atoms with Crippen molar-refractivity contribution in [2.45, 2.75) is 26.0 Å². The monoisotopic (exact) mass is 454 g/mol. The molecule has 3 rings (SSSR count). The molecule has 0 bridgehead atoms. The molecule has 5 nitrogen and oxygen atoms in total. The van der Waals surface area contributed by atoms with Gasteiger partial charge in [-0.3, -0.25) is 0 Å². The Hall–Kier alpha value is -1.70. The molecule has 0 radical (unpaired) electrons. The molecular formula is C19H27IN4O. The topological polar surface area (TPSA) is 41.8 Å². The Kier molecular flexibility index (Phi) is 7.16. The van der Waals surface area contributed by atoms with Gasteiger partial charge in [0.2, 0.25) is 0 Å². The second kappa shape index (κ2) is 9.12. The maximum atomic E-state index is 5.98. The van der Waals surface area contributed by atoms with Crippen molar-refractivity contribution in [2.75, 3.05) is 20.1 Å². The standard InChI is InChI=1S/C19H26N4O.HI/c1-4-20-19(23(3)14-16-9-7-11-22(16)2)21-13-17-12-15-8-5-6-10-18(15)24-17;/h5-11,17H,4,12-14H2,1-3H3,(H,20,21);1H. The van der Waals surface area contributed by atoms with Crippen molar-refractivity contribution in [1.29, 1.82) is 0 Å². The number of nitrogens with zero attached hydrogens (tertiary/aromatic N) is 3. The number of guanidine groups is 1. The van der Waals surface area contributed by atoms with Crippen LogP contribution in [-0.4, -0.2) is 41.7 Å². The summed E-state index contributed by atoms with van der Waals surface area (Å²) in [6, 6.07) is 12.4. The normalized spacial score (nSPS) is 16.0. The highest BCUT2D eigenvalue weighted by Crippen LogP contribution is 2.28. The van der Waals surface area contributed by atoms with E-state index in [1.54, 1.807) is 0 Å². The van der Waals surface area contributed by atoms with Crippen molar-refractivity contribution in [2.24, 2.45) is 12.0 Å². The summed E-state index contributed by atoms with van der Waals surface area (Å²) in [5, 5.41) is 3.37. The quantitative estimate of drug-likeness (QED) is 0.429. The molecule has 0 aliphatic carbocycles. The van der Waals surface area contributed by atoms with E-state index in [0.717, 1.165) is 31.2 Å². The van der Waals surface area contributed by atoms with Gasteiger partial charge in [0.25, 0.3) is 0 Å². The highest BCUT2D eigenvalue weighted by atomic mass is 127. The van der Waals surface area contributed by atoms with Gasteiger partial charge in [0, 0.05) is 39.0 Å². The first-order valence-electron chi connectivity index (χ1n) is 8.51. The van der Waals surface area contributed by atoms with Crippen LogP contribution in [0.1, 0.15) is 18.2 Å². The molecule has 136 valence electrons. The lowest BCUT2D eigenvalue weighted by Gasteiger charge is -2.23. The van der Waals surface area contributed by atoms with Crippen LogP contribution in [0.2, 0.25) is 0 Å². The van der Waals surface area contributed by atoms with Gasteiger partial charge in [0.05, 0.1) is 13.1 Å². The molecule has 2 heterocycles. The van der Waals surface area contributed by atoms with E-state index in [1.165, 1.54) is 11.3 Å². The van der Waals surface area contributed by atoms with Crippen molar-refractivity contribution in [3.63, 3.8) is 0 Å². The van der Waals surface area contributed by atoms with E-state index in [9.17, 15) is 0 Å². The molecule has 0 spiro atoms. The number of fused-ring (bicyclic) bond motifs is 1. The highest BCUT2D eigenvalue weighted by molar-refractivity contribution is 14.0. The van der Waals surface area contributed by atoms with Gasteiger partial charge >= 0.3 is 0 Å². The van der Waals surface area contributed by atoms with E-state index >= 15 is 0 Å². The Morgan fingerprint density at radius 3 is 2.80 bits per heavy atom. The van der Waals surface area contributed by atoms with Crippen molar-refractivity contribution >= 4 is 29.9 Å². The predicted octanol–water partition coefficient (Wildman–Crippen LogP) is 3.04. The zero-order chi connectivity index (χ0) is 16.9. The number of aliphatic imine (C=N–C) groups is 1. The first-order valence-corrected chi connectivity index (χ1v) is 8.51. The lowest BCUT2D eigenvalue weighted by atomic mass is 10.1. The molecule has 1 aromatic carbocycles. The average molecular weight is 454 g/mol. The smallest absolute Gasteiger partial charge is 0.194 e. The lowest BCUT2D eigenvalue weighted by Crippen LogP contribution is -2.39. The first-order chi connectivity index (χ1) is 11.7. The minimum Gasteiger partial charge on any atom is -0.488 e. The number of halogens is 1. The largest absolute Gasteiger partial charge is 0.488 e. The van der Waals surface area contributed by atoms with Crippen LogP contribution in [0.4, 0.5) is 0 Å². The van der Waals surface area contributed by atoms with Gasteiger partial charge in [-0.1, -0.05) is 18.2 Å². The van der Waals surface area contributed by atoms with E-state index in [0.29, 0.717) is 6.54 Å². The van der Waals surface area contributed by atoms with Crippen LogP contribution in [-0.2, 0) is 20.0 Å². The molecule has 6 heteroatoms. The summed E-state index contributed by atoms with van der Waals surface area (Å²) in [4.78, 5) is 6.94. The summed E-state index contributed by atoms with van der Waals surface area (Å²) in [6.45, 7) is 4.42. The van der Waals surface area contributed by atoms with E-state index in [4.69, 9.17) is 9.73 Å². The van der Waals surface area contributed by atoms with Crippen LogP contribution in [0, 0.1) is 0 Å². The van der Waals surface area contributed by atoms with E-state index in [2.05, 4.69) is 66.3 Å². The van der Waals surface area contributed by atoms with Gasteiger partial charge in [-0.2, -0.15) is 0 Å². The molecule has 1 N–H and O–H groups in total. The Balaban J connectivity index is 0.00000225. The third-order valence-corrected chi connectivity index (χ3v) is 4.31. The first kappa shape index (κ1) is 19.6. The number of benzene rings is 1. The summed E-state index contributed by atoms with van der Waals surface area (Å²) in [5.41, 5.74) is 2.53. The maximum absolute atomic E-state index is 5.98. The highest BCUT2D eigenvalue weighted by Gasteiger charge is 2.22. The van der Waals surface area contributed by atoms with Crippen molar-refractivity contribution in [3.8, 4) is 5.75 Å². The van der Waals surface area contributed by atoms with Crippen LogP contribution in [0.3, 0.4) is 0 Å². The number of hydrogen-bond acceptors (Lipinski definition) is 2. The predicted molar refractivity (Wildman–Crippen MR) is 113 cm³/mol. The minimum atomic E-state index is 0. The number of ether oxygens (including phenoxy) is 1. The molecule has 0 saturated carbocycles. The Labute approximate surface area is 167 Å². The van der Waals surface area contributed by atoms with Crippen LogP contribution in [0.5, 0.6) is 5.75 Å². The molecule has 0 amide bonds. The molecule has 1 unspecified atom stereocenters. The Bertz CT molecular complexity index is 688. The summed E-state index contributed by atoms with van der Waals surface area (Å²) in [6.07, 6.45) is 3.12. The molecule has 1 aliphatic heterocycles.